The Hall–Kier alpha value is -2.55. The number of esters is 1. The Labute approximate surface area is 245 Å². The zero-order chi connectivity index (χ0) is 30.8. The van der Waals surface area contributed by atoms with Crippen molar-refractivity contribution in [3.63, 3.8) is 0 Å². The first-order valence-corrected chi connectivity index (χ1v) is 15.2. The van der Waals surface area contributed by atoms with E-state index in [0.717, 1.165) is 42.4 Å². The number of hydrogen-bond acceptors (Lipinski definition) is 3. The van der Waals surface area contributed by atoms with Crippen LogP contribution in [-0.2, 0) is 21.0 Å². The van der Waals surface area contributed by atoms with Crippen molar-refractivity contribution in [2.75, 3.05) is 0 Å². The molecule has 0 bridgehead atoms. The van der Waals surface area contributed by atoms with Gasteiger partial charge >= 0.3 is 5.97 Å². The molecule has 3 heteroatoms. The topological polar surface area (TPSA) is 46.5 Å². The highest BCUT2D eigenvalue weighted by Crippen LogP contribution is 2.46. The first-order valence-electron chi connectivity index (χ1n) is 15.2. The molecule has 0 radical (unpaired) electrons. The van der Waals surface area contributed by atoms with Crippen LogP contribution < -0.4 is 4.74 Å². The number of hydrogen-bond donors (Lipinski definition) is 1. The van der Waals surface area contributed by atoms with Crippen molar-refractivity contribution in [3.05, 3.63) is 70.3 Å². The Morgan fingerprint density at radius 2 is 1.27 bits per heavy atom. The number of phenolic OH excluding ortho intramolecular Hbond substituents is 1. The molecule has 3 nitrogen and oxygen atoms in total. The number of carbonyl (C=O) groups excluding carboxylic acids is 1. The van der Waals surface area contributed by atoms with Gasteiger partial charge in [-0.3, -0.25) is 0 Å². The summed E-state index contributed by atoms with van der Waals surface area (Å²) in [5.74, 6) is 0.253. The van der Waals surface area contributed by atoms with E-state index in [0.29, 0.717) is 17.1 Å². The quantitative estimate of drug-likeness (QED) is 0.163. The Bertz CT molecular complexity index is 1230. The molecule has 0 spiro atoms. The molecule has 1 atom stereocenters. The van der Waals surface area contributed by atoms with Gasteiger partial charge in [0.2, 0.25) is 0 Å². The van der Waals surface area contributed by atoms with E-state index in [9.17, 15) is 9.90 Å². The van der Waals surface area contributed by atoms with Crippen LogP contribution in [0.2, 0.25) is 0 Å². The van der Waals surface area contributed by atoms with Crippen molar-refractivity contribution < 1.29 is 14.6 Å². The van der Waals surface area contributed by atoms with E-state index < -0.39 is 5.97 Å². The molecule has 0 aromatic heterocycles. The van der Waals surface area contributed by atoms with Crippen LogP contribution >= 0.6 is 0 Å². The number of ether oxygens (including phenoxy) is 1. The van der Waals surface area contributed by atoms with Gasteiger partial charge in [0, 0.05) is 28.2 Å². The molecule has 0 aliphatic heterocycles. The first kappa shape index (κ1) is 33.7. The van der Waals surface area contributed by atoms with Gasteiger partial charge in [-0.05, 0) is 64.5 Å². The van der Waals surface area contributed by atoms with Gasteiger partial charge in [0.15, 0.2) is 0 Å². The highest BCUT2D eigenvalue weighted by Gasteiger charge is 2.32. The molecular formula is C37H56O3. The molecule has 0 aliphatic carbocycles. The maximum absolute atomic E-state index is 13.3. The van der Waals surface area contributed by atoms with Crippen LogP contribution in [0.1, 0.15) is 149 Å². The lowest BCUT2D eigenvalue weighted by molar-refractivity contribution is -0.131. The molecule has 0 aliphatic rings. The Morgan fingerprint density at radius 1 is 0.775 bits per heavy atom. The molecule has 0 saturated heterocycles. The van der Waals surface area contributed by atoms with Gasteiger partial charge in [0.25, 0.3) is 0 Å². The second-order valence-corrected chi connectivity index (χ2v) is 14.3. The molecule has 0 amide bonds. The van der Waals surface area contributed by atoms with Gasteiger partial charge in [-0.2, -0.15) is 0 Å². The van der Waals surface area contributed by atoms with Gasteiger partial charge in [-0.25, -0.2) is 4.79 Å². The van der Waals surface area contributed by atoms with Crippen LogP contribution in [0.15, 0.2) is 42.5 Å². The summed E-state index contributed by atoms with van der Waals surface area (Å²) in [5, 5.41) is 11.8. The normalized spacial score (nSPS) is 13.7. The standard InChI is InChI=1S/C37H56O3/c1-15-34(7,8)25(6)33(39)40-31-20-19-26(35(9,10)16-2)21-28(31)24(5)29-22-27(36(11,12)17-3)23-30(32(29)38)37(13,14)18-4/h19-24,38H,6,15-18H2,1-5,7-14H3. The second kappa shape index (κ2) is 12.1. The molecule has 0 fully saturated rings. The minimum absolute atomic E-state index is 0.0474. The molecule has 0 heterocycles. The van der Waals surface area contributed by atoms with Crippen LogP contribution in [0.4, 0.5) is 0 Å². The average molecular weight is 549 g/mol. The largest absolute Gasteiger partial charge is 0.507 e. The summed E-state index contributed by atoms with van der Waals surface area (Å²) in [7, 11) is 0. The summed E-state index contributed by atoms with van der Waals surface area (Å²) in [6.07, 6.45) is 3.65. The highest BCUT2D eigenvalue weighted by molar-refractivity contribution is 5.91. The van der Waals surface area contributed by atoms with Gasteiger partial charge in [-0.1, -0.05) is 121 Å². The van der Waals surface area contributed by atoms with Crippen molar-refractivity contribution in [1.29, 1.82) is 0 Å². The van der Waals surface area contributed by atoms with E-state index in [1.54, 1.807) is 0 Å². The zero-order valence-electron chi connectivity index (χ0n) is 27.8. The van der Waals surface area contributed by atoms with Gasteiger partial charge in [0.1, 0.15) is 11.5 Å². The number of carbonyl (C=O) groups is 1. The van der Waals surface area contributed by atoms with Crippen LogP contribution in [0, 0.1) is 5.41 Å². The van der Waals surface area contributed by atoms with Gasteiger partial charge < -0.3 is 9.84 Å². The lowest BCUT2D eigenvalue weighted by atomic mass is 9.73. The number of phenols is 1. The van der Waals surface area contributed by atoms with Gasteiger partial charge in [-0.15, -0.1) is 0 Å². The SMILES string of the molecule is C=C(C(=O)Oc1ccc(C(C)(C)CC)cc1C(C)c1cc(C(C)(C)CC)cc(C(C)(C)CC)c1O)C(C)(C)CC. The summed E-state index contributed by atoms with van der Waals surface area (Å²) in [6.45, 7) is 32.2. The fourth-order valence-electron chi connectivity index (χ4n) is 4.71. The minimum atomic E-state index is -0.402. The molecule has 222 valence electrons. The molecule has 2 rings (SSSR count). The fraction of sp³-hybridized carbons (Fsp3) is 0.595. The molecule has 0 saturated carbocycles. The minimum Gasteiger partial charge on any atom is -0.507 e. The fourth-order valence-corrected chi connectivity index (χ4v) is 4.71. The second-order valence-electron chi connectivity index (χ2n) is 14.3. The third-order valence-electron chi connectivity index (χ3n) is 10.2. The predicted molar refractivity (Wildman–Crippen MR) is 171 cm³/mol. The molecule has 1 unspecified atom stereocenters. The van der Waals surface area contributed by atoms with Crippen LogP contribution in [0.25, 0.3) is 0 Å². The van der Waals surface area contributed by atoms with Crippen molar-refractivity contribution in [3.8, 4) is 11.5 Å². The molecular weight excluding hydrogens is 492 g/mol. The molecule has 2 aromatic rings. The monoisotopic (exact) mass is 548 g/mol. The Kier molecular flexibility index (Phi) is 10.2. The van der Waals surface area contributed by atoms with Crippen molar-refractivity contribution in [1.82, 2.24) is 0 Å². The molecule has 2 aromatic carbocycles. The Balaban J connectivity index is 2.84. The zero-order valence-corrected chi connectivity index (χ0v) is 27.8. The third-order valence-corrected chi connectivity index (χ3v) is 10.2. The third kappa shape index (κ3) is 6.84. The number of aromatic hydroxyl groups is 1. The number of benzene rings is 2. The van der Waals surface area contributed by atoms with E-state index in [2.05, 4.69) is 107 Å². The summed E-state index contributed by atoms with van der Waals surface area (Å²) < 4.78 is 6.10. The summed E-state index contributed by atoms with van der Waals surface area (Å²) >= 11 is 0. The Morgan fingerprint density at radius 3 is 1.77 bits per heavy atom. The van der Waals surface area contributed by atoms with Crippen LogP contribution in [0.3, 0.4) is 0 Å². The predicted octanol–water partition coefficient (Wildman–Crippen LogP) is 10.5. The summed E-state index contributed by atoms with van der Waals surface area (Å²) in [5.41, 5.74) is 4.96. The van der Waals surface area contributed by atoms with Gasteiger partial charge in [0.05, 0.1) is 0 Å². The first-order chi connectivity index (χ1) is 18.3. The van der Waals surface area contributed by atoms with E-state index in [-0.39, 0.29) is 27.6 Å². The maximum atomic E-state index is 13.3. The van der Waals surface area contributed by atoms with Crippen molar-refractivity contribution >= 4 is 5.97 Å². The van der Waals surface area contributed by atoms with E-state index >= 15 is 0 Å². The van der Waals surface area contributed by atoms with Crippen LogP contribution in [0.5, 0.6) is 11.5 Å². The lowest BCUT2D eigenvalue weighted by Gasteiger charge is -2.32. The lowest BCUT2D eigenvalue weighted by Crippen LogP contribution is -2.24. The van der Waals surface area contributed by atoms with Crippen LogP contribution in [-0.4, -0.2) is 11.1 Å². The smallest absolute Gasteiger partial charge is 0.339 e. The van der Waals surface area contributed by atoms with Crippen molar-refractivity contribution in [2.24, 2.45) is 5.41 Å². The summed E-state index contributed by atoms with van der Waals surface area (Å²) in [6, 6.07) is 10.5. The molecule has 40 heavy (non-hydrogen) atoms. The van der Waals surface area contributed by atoms with E-state index in [1.165, 1.54) is 11.1 Å². The average Bonchev–Trinajstić information content (AvgIpc) is 2.91. The maximum Gasteiger partial charge on any atom is 0.339 e. The number of rotatable bonds is 12. The molecule has 1 N–H and O–H groups in total. The van der Waals surface area contributed by atoms with E-state index in [4.69, 9.17) is 4.74 Å². The summed E-state index contributed by atoms with van der Waals surface area (Å²) in [4.78, 5) is 13.3. The highest BCUT2D eigenvalue weighted by atomic mass is 16.5. The van der Waals surface area contributed by atoms with E-state index in [1.807, 2.05) is 19.9 Å². The van der Waals surface area contributed by atoms with Crippen molar-refractivity contribution in [2.45, 2.75) is 138 Å².